The number of halogens is 1. The number of rotatable bonds is 3. The summed E-state index contributed by atoms with van der Waals surface area (Å²) in [5, 5.41) is 0. The molecule has 0 aliphatic heterocycles. The third kappa shape index (κ3) is 2.34. The first-order valence-corrected chi connectivity index (χ1v) is 5.84. The molecule has 0 spiro atoms. The van der Waals surface area contributed by atoms with E-state index < -0.39 is 0 Å². The average Bonchev–Trinajstić information content (AvgIpc) is 2.93. The number of aryl methyl sites for hydroxylation is 1. The standard InChI is InChI=1S/C11H15BrN2/c1-7-9(12)4-5-11(14-7)10(13)6-8-2-3-8/h4-5,8,10H,2-3,6,13H2,1H3. The summed E-state index contributed by atoms with van der Waals surface area (Å²) in [5.41, 5.74) is 8.12. The van der Waals surface area contributed by atoms with Crippen molar-refractivity contribution < 1.29 is 0 Å². The zero-order valence-electron chi connectivity index (χ0n) is 8.33. The third-order valence-electron chi connectivity index (χ3n) is 2.71. The van der Waals surface area contributed by atoms with Gasteiger partial charge in [-0.15, -0.1) is 0 Å². The summed E-state index contributed by atoms with van der Waals surface area (Å²) in [6.45, 7) is 2.00. The first kappa shape index (κ1) is 10.1. The monoisotopic (exact) mass is 254 g/mol. The van der Waals surface area contributed by atoms with E-state index in [4.69, 9.17) is 5.73 Å². The molecule has 2 nitrogen and oxygen atoms in total. The minimum atomic E-state index is 0.120. The lowest BCUT2D eigenvalue weighted by atomic mass is 10.1. The van der Waals surface area contributed by atoms with Gasteiger partial charge in [-0.2, -0.15) is 0 Å². The highest BCUT2D eigenvalue weighted by Crippen LogP contribution is 2.36. The summed E-state index contributed by atoms with van der Waals surface area (Å²) in [5.74, 6) is 0.857. The first-order valence-electron chi connectivity index (χ1n) is 5.05. The molecule has 1 fully saturated rings. The maximum Gasteiger partial charge on any atom is 0.0575 e. The summed E-state index contributed by atoms with van der Waals surface area (Å²) in [6, 6.07) is 4.17. The Bertz CT molecular complexity index is 334. The second-order valence-corrected chi connectivity index (χ2v) is 4.94. The zero-order valence-corrected chi connectivity index (χ0v) is 9.92. The Kier molecular flexibility index (Phi) is 2.88. The van der Waals surface area contributed by atoms with E-state index >= 15 is 0 Å². The lowest BCUT2D eigenvalue weighted by Gasteiger charge is -2.11. The van der Waals surface area contributed by atoms with Gasteiger partial charge in [-0.1, -0.05) is 12.8 Å². The van der Waals surface area contributed by atoms with E-state index in [0.29, 0.717) is 0 Å². The lowest BCUT2D eigenvalue weighted by molar-refractivity contribution is 0.582. The van der Waals surface area contributed by atoms with Crippen LogP contribution < -0.4 is 5.73 Å². The molecule has 0 radical (unpaired) electrons. The van der Waals surface area contributed by atoms with E-state index in [2.05, 4.69) is 20.9 Å². The molecule has 1 aromatic heterocycles. The highest BCUT2D eigenvalue weighted by molar-refractivity contribution is 9.10. The van der Waals surface area contributed by atoms with E-state index in [1.807, 2.05) is 19.1 Å². The molecule has 14 heavy (non-hydrogen) atoms. The minimum absolute atomic E-state index is 0.120. The smallest absolute Gasteiger partial charge is 0.0575 e. The Hall–Kier alpha value is -0.410. The van der Waals surface area contributed by atoms with Gasteiger partial charge in [-0.25, -0.2) is 0 Å². The molecular formula is C11H15BrN2. The maximum atomic E-state index is 6.08. The molecular weight excluding hydrogens is 240 g/mol. The van der Waals surface area contributed by atoms with Crippen molar-refractivity contribution in [2.75, 3.05) is 0 Å². The molecule has 1 aliphatic carbocycles. The predicted molar refractivity (Wildman–Crippen MR) is 60.9 cm³/mol. The number of hydrogen-bond acceptors (Lipinski definition) is 2. The van der Waals surface area contributed by atoms with Crippen molar-refractivity contribution in [2.24, 2.45) is 11.7 Å². The predicted octanol–water partition coefficient (Wildman–Crippen LogP) is 2.95. The van der Waals surface area contributed by atoms with Gasteiger partial charge in [0.25, 0.3) is 0 Å². The molecule has 1 atom stereocenters. The van der Waals surface area contributed by atoms with Crippen molar-refractivity contribution in [1.82, 2.24) is 4.98 Å². The Morgan fingerprint density at radius 3 is 2.86 bits per heavy atom. The number of nitrogens with zero attached hydrogens (tertiary/aromatic N) is 1. The fourth-order valence-corrected chi connectivity index (χ4v) is 1.82. The van der Waals surface area contributed by atoms with Crippen LogP contribution in [0.4, 0.5) is 0 Å². The molecule has 2 N–H and O–H groups in total. The maximum absolute atomic E-state index is 6.08. The molecule has 76 valence electrons. The van der Waals surface area contributed by atoms with Crippen molar-refractivity contribution in [2.45, 2.75) is 32.2 Å². The van der Waals surface area contributed by atoms with Crippen LogP contribution in [0.15, 0.2) is 16.6 Å². The molecule has 0 saturated heterocycles. The Morgan fingerprint density at radius 2 is 2.29 bits per heavy atom. The van der Waals surface area contributed by atoms with Crippen LogP contribution in [0.3, 0.4) is 0 Å². The topological polar surface area (TPSA) is 38.9 Å². The van der Waals surface area contributed by atoms with Crippen LogP contribution in [0.2, 0.25) is 0 Å². The van der Waals surface area contributed by atoms with Crippen LogP contribution >= 0.6 is 15.9 Å². The number of pyridine rings is 1. The van der Waals surface area contributed by atoms with Gasteiger partial charge in [0, 0.05) is 10.5 Å². The molecule has 1 aromatic rings. The molecule has 1 heterocycles. The van der Waals surface area contributed by atoms with E-state index in [0.717, 1.165) is 28.2 Å². The summed E-state index contributed by atoms with van der Waals surface area (Å²) >= 11 is 3.44. The number of nitrogens with two attached hydrogens (primary N) is 1. The first-order chi connectivity index (χ1) is 6.66. The van der Waals surface area contributed by atoms with Gasteiger partial charge < -0.3 is 5.73 Å². The van der Waals surface area contributed by atoms with Crippen LogP contribution in [0.1, 0.15) is 36.7 Å². The van der Waals surface area contributed by atoms with Crippen LogP contribution in [-0.2, 0) is 0 Å². The van der Waals surface area contributed by atoms with Crippen molar-refractivity contribution in [1.29, 1.82) is 0 Å². The van der Waals surface area contributed by atoms with Gasteiger partial charge in [0.2, 0.25) is 0 Å². The summed E-state index contributed by atoms with van der Waals surface area (Å²) in [7, 11) is 0. The number of aromatic nitrogens is 1. The second-order valence-electron chi connectivity index (χ2n) is 4.09. The normalized spacial score (nSPS) is 18.2. The second kappa shape index (κ2) is 3.99. The Morgan fingerprint density at radius 1 is 1.57 bits per heavy atom. The SMILES string of the molecule is Cc1nc(C(N)CC2CC2)ccc1Br. The van der Waals surface area contributed by atoms with E-state index in [-0.39, 0.29) is 6.04 Å². The molecule has 1 aliphatic rings. The van der Waals surface area contributed by atoms with Crippen molar-refractivity contribution >= 4 is 15.9 Å². The fourth-order valence-electron chi connectivity index (χ4n) is 1.60. The van der Waals surface area contributed by atoms with Crippen molar-refractivity contribution in [3.8, 4) is 0 Å². The zero-order chi connectivity index (χ0) is 10.1. The third-order valence-corrected chi connectivity index (χ3v) is 3.55. The van der Waals surface area contributed by atoms with Crippen LogP contribution in [0, 0.1) is 12.8 Å². The highest BCUT2D eigenvalue weighted by Gasteiger charge is 2.25. The van der Waals surface area contributed by atoms with E-state index in [1.165, 1.54) is 12.8 Å². The Balaban J connectivity index is 2.10. The number of hydrogen-bond donors (Lipinski definition) is 1. The average molecular weight is 255 g/mol. The van der Waals surface area contributed by atoms with Gasteiger partial charge in [-0.3, -0.25) is 4.98 Å². The summed E-state index contributed by atoms with van der Waals surface area (Å²) < 4.78 is 1.06. The van der Waals surface area contributed by atoms with Crippen LogP contribution in [0.5, 0.6) is 0 Å². The molecule has 3 heteroatoms. The van der Waals surface area contributed by atoms with Gasteiger partial charge in [0.1, 0.15) is 0 Å². The van der Waals surface area contributed by atoms with Crippen molar-refractivity contribution in [3.63, 3.8) is 0 Å². The molecule has 2 rings (SSSR count). The van der Waals surface area contributed by atoms with Crippen LogP contribution in [0.25, 0.3) is 0 Å². The van der Waals surface area contributed by atoms with Gasteiger partial charge >= 0.3 is 0 Å². The van der Waals surface area contributed by atoms with Crippen LogP contribution in [-0.4, -0.2) is 4.98 Å². The molecule has 0 aromatic carbocycles. The van der Waals surface area contributed by atoms with Crippen molar-refractivity contribution in [3.05, 3.63) is 28.0 Å². The molecule has 0 bridgehead atoms. The molecule has 1 saturated carbocycles. The molecule has 1 unspecified atom stereocenters. The van der Waals surface area contributed by atoms with Gasteiger partial charge in [0.05, 0.1) is 11.4 Å². The quantitative estimate of drug-likeness (QED) is 0.901. The van der Waals surface area contributed by atoms with E-state index in [9.17, 15) is 0 Å². The summed E-state index contributed by atoms with van der Waals surface area (Å²) in [6.07, 6.45) is 3.79. The largest absolute Gasteiger partial charge is 0.323 e. The highest BCUT2D eigenvalue weighted by atomic mass is 79.9. The fraction of sp³-hybridized carbons (Fsp3) is 0.545. The van der Waals surface area contributed by atoms with E-state index in [1.54, 1.807) is 0 Å². The minimum Gasteiger partial charge on any atom is -0.323 e. The van der Waals surface area contributed by atoms with Gasteiger partial charge in [0.15, 0.2) is 0 Å². The van der Waals surface area contributed by atoms with Gasteiger partial charge in [-0.05, 0) is 47.3 Å². The summed E-state index contributed by atoms with van der Waals surface area (Å²) in [4.78, 5) is 4.48. The molecule has 0 amide bonds. The lowest BCUT2D eigenvalue weighted by Crippen LogP contribution is -2.13. The Labute approximate surface area is 93.0 Å².